The molecule has 0 aromatic heterocycles. The third kappa shape index (κ3) is 3.58. The van der Waals surface area contributed by atoms with Gasteiger partial charge in [0.15, 0.2) is 0 Å². The summed E-state index contributed by atoms with van der Waals surface area (Å²) in [5.74, 6) is -0.867. The van der Waals surface area contributed by atoms with Gasteiger partial charge in [-0.25, -0.2) is 0 Å². The molecule has 1 aromatic rings. The van der Waals surface area contributed by atoms with E-state index in [1.54, 1.807) is 6.92 Å². The van der Waals surface area contributed by atoms with Crippen molar-refractivity contribution in [1.29, 1.82) is 0 Å². The normalized spacial score (nSPS) is 23.5. The van der Waals surface area contributed by atoms with Crippen LogP contribution in [0.3, 0.4) is 0 Å². The van der Waals surface area contributed by atoms with Crippen molar-refractivity contribution in [3.63, 3.8) is 0 Å². The van der Waals surface area contributed by atoms with Crippen LogP contribution in [0, 0.1) is 5.41 Å². The number of halogens is 4. The molecule has 116 valence electrons. The highest BCUT2D eigenvalue weighted by Gasteiger charge is 2.40. The fraction of sp³-hybridized carbons (Fsp3) is 0.500. The number of likely N-dealkylation sites (tertiary alicyclic amines) is 1. The van der Waals surface area contributed by atoms with E-state index in [0.29, 0.717) is 36.1 Å². The third-order valence-electron chi connectivity index (χ3n) is 3.84. The predicted molar refractivity (Wildman–Crippen MR) is 74.8 cm³/mol. The molecular weight excluding hydrogens is 351 g/mol. The van der Waals surface area contributed by atoms with Crippen LogP contribution in [-0.2, 0) is 17.5 Å². The molecule has 1 aromatic carbocycles. The first kappa shape index (κ1) is 16.3. The van der Waals surface area contributed by atoms with Crippen LogP contribution in [0.4, 0.5) is 13.2 Å². The summed E-state index contributed by atoms with van der Waals surface area (Å²) in [7, 11) is 0. The summed E-state index contributed by atoms with van der Waals surface area (Å²) in [6, 6.07) is 3.52. The number of alkyl halides is 3. The molecule has 1 unspecified atom stereocenters. The summed E-state index contributed by atoms with van der Waals surface area (Å²) in [6.45, 7) is 2.86. The molecule has 1 aliphatic heterocycles. The molecule has 1 saturated heterocycles. The Bertz CT molecular complexity index is 562. The minimum absolute atomic E-state index is 0.299. The minimum Gasteiger partial charge on any atom is -0.481 e. The van der Waals surface area contributed by atoms with Crippen molar-refractivity contribution in [2.24, 2.45) is 5.41 Å². The lowest BCUT2D eigenvalue weighted by Crippen LogP contribution is -2.31. The average molecular weight is 366 g/mol. The number of benzene rings is 1. The van der Waals surface area contributed by atoms with E-state index in [1.807, 2.05) is 4.90 Å². The summed E-state index contributed by atoms with van der Waals surface area (Å²) >= 11 is 3.25. The first-order valence-corrected chi connectivity index (χ1v) is 7.22. The molecular formula is C14H15BrF3NO2. The monoisotopic (exact) mass is 365 g/mol. The van der Waals surface area contributed by atoms with Crippen molar-refractivity contribution in [3.05, 3.63) is 33.8 Å². The Hall–Kier alpha value is -1.08. The molecule has 0 radical (unpaired) electrons. The summed E-state index contributed by atoms with van der Waals surface area (Å²) < 4.78 is 38.8. The van der Waals surface area contributed by atoms with Crippen LogP contribution in [-0.4, -0.2) is 29.1 Å². The van der Waals surface area contributed by atoms with Crippen LogP contribution in [0.5, 0.6) is 0 Å². The molecule has 0 saturated carbocycles. The molecule has 3 nitrogen and oxygen atoms in total. The van der Waals surface area contributed by atoms with Crippen LogP contribution in [0.15, 0.2) is 22.7 Å². The summed E-state index contributed by atoms with van der Waals surface area (Å²) in [5.41, 5.74) is -1.01. The van der Waals surface area contributed by atoms with Crippen molar-refractivity contribution in [2.75, 3.05) is 13.1 Å². The second-order valence-corrected chi connectivity index (χ2v) is 6.48. The van der Waals surface area contributed by atoms with Gasteiger partial charge in [0.1, 0.15) is 0 Å². The number of aliphatic carboxylic acids is 1. The third-order valence-corrected chi connectivity index (χ3v) is 4.61. The highest BCUT2D eigenvalue weighted by atomic mass is 79.9. The number of carboxylic acid groups (broad SMARTS) is 1. The molecule has 0 bridgehead atoms. The Labute approximate surface area is 128 Å². The van der Waals surface area contributed by atoms with E-state index in [9.17, 15) is 23.1 Å². The number of nitrogens with zero attached hydrogens (tertiary/aromatic N) is 1. The number of hydrogen-bond acceptors (Lipinski definition) is 2. The van der Waals surface area contributed by atoms with Gasteiger partial charge in [0.05, 0.1) is 11.0 Å². The van der Waals surface area contributed by atoms with E-state index in [0.717, 1.165) is 12.1 Å². The van der Waals surface area contributed by atoms with Crippen molar-refractivity contribution in [3.8, 4) is 0 Å². The van der Waals surface area contributed by atoms with Crippen LogP contribution in [0.25, 0.3) is 0 Å². The Morgan fingerprint density at radius 1 is 1.48 bits per heavy atom. The Balaban J connectivity index is 2.16. The van der Waals surface area contributed by atoms with Gasteiger partial charge in [-0.05, 0) is 43.7 Å². The maximum atomic E-state index is 12.7. The quantitative estimate of drug-likeness (QED) is 0.886. The van der Waals surface area contributed by atoms with Gasteiger partial charge < -0.3 is 5.11 Å². The lowest BCUT2D eigenvalue weighted by Gasteiger charge is -2.21. The molecule has 2 rings (SSSR count). The zero-order chi connectivity index (χ0) is 15.8. The largest absolute Gasteiger partial charge is 0.481 e. The Morgan fingerprint density at radius 3 is 2.67 bits per heavy atom. The van der Waals surface area contributed by atoms with Crippen molar-refractivity contribution in [2.45, 2.75) is 26.1 Å². The standard InChI is InChI=1S/C14H15BrF3NO2/c1-13(12(20)21)4-5-19(8-13)7-9-6-10(14(16,17)18)2-3-11(9)15/h2-3,6H,4-5,7-8H2,1H3,(H,20,21). The highest BCUT2D eigenvalue weighted by molar-refractivity contribution is 9.10. The van der Waals surface area contributed by atoms with Gasteiger partial charge in [0, 0.05) is 17.6 Å². The summed E-state index contributed by atoms with van der Waals surface area (Å²) in [4.78, 5) is 13.1. The van der Waals surface area contributed by atoms with Crippen LogP contribution >= 0.6 is 15.9 Å². The van der Waals surface area contributed by atoms with Crippen LogP contribution in [0.1, 0.15) is 24.5 Å². The van der Waals surface area contributed by atoms with E-state index >= 15 is 0 Å². The molecule has 1 heterocycles. The highest BCUT2D eigenvalue weighted by Crippen LogP contribution is 2.35. The van der Waals surface area contributed by atoms with E-state index in [4.69, 9.17) is 0 Å². The smallest absolute Gasteiger partial charge is 0.416 e. The zero-order valence-corrected chi connectivity index (χ0v) is 13.0. The lowest BCUT2D eigenvalue weighted by molar-refractivity contribution is -0.147. The lowest BCUT2D eigenvalue weighted by atomic mass is 9.90. The number of hydrogen-bond donors (Lipinski definition) is 1. The molecule has 1 aliphatic rings. The van der Waals surface area contributed by atoms with E-state index in [1.165, 1.54) is 6.07 Å². The molecule has 7 heteroatoms. The predicted octanol–water partition coefficient (Wildman–Crippen LogP) is 3.76. The van der Waals surface area contributed by atoms with E-state index < -0.39 is 23.1 Å². The topological polar surface area (TPSA) is 40.5 Å². The molecule has 1 atom stereocenters. The van der Waals surface area contributed by atoms with Gasteiger partial charge in [0.2, 0.25) is 0 Å². The second kappa shape index (κ2) is 5.61. The van der Waals surface area contributed by atoms with Gasteiger partial charge in [-0.3, -0.25) is 9.69 Å². The molecule has 21 heavy (non-hydrogen) atoms. The van der Waals surface area contributed by atoms with E-state index in [-0.39, 0.29) is 0 Å². The van der Waals surface area contributed by atoms with Gasteiger partial charge >= 0.3 is 12.1 Å². The number of carboxylic acids is 1. The van der Waals surface area contributed by atoms with Crippen LogP contribution in [0.2, 0.25) is 0 Å². The number of carbonyl (C=O) groups is 1. The van der Waals surface area contributed by atoms with Gasteiger partial charge in [0.25, 0.3) is 0 Å². The van der Waals surface area contributed by atoms with Gasteiger partial charge in [-0.1, -0.05) is 15.9 Å². The van der Waals surface area contributed by atoms with E-state index in [2.05, 4.69) is 15.9 Å². The van der Waals surface area contributed by atoms with Gasteiger partial charge in [-0.15, -0.1) is 0 Å². The average Bonchev–Trinajstić information content (AvgIpc) is 2.74. The maximum Gasteiger partial charge on any atom is 0.416 e. The zero-order valence-electron chi connectivity index (χ0n) is 11.4. The van der Waals surface area contributed by atoms with Gasteiger partial charge in [-0.2, -0.15) is 13.2 Å². The minimum atomic E-state index is -4.38. The first-order chi connectivity index (χ1) is 9.62. The Morgan fingerprint density at radius 2 is 2.14 bits per heavy atom. The van der Waals surface area contributed by atoms with Crippen molar-refractivity contribution < 1.29 is 23.1 Å². The van der Waals surface area contributed by atoms with Crippen LogP contribution < -0.4 is 0 Å². The molecule has 1 fully saturated rings. The summed E-state index contributed by atoms with van der Waals surface area (Å²) in [5, 5.41) is 9.18. The maximum absolute atomic E-state index is 12.7. The SMILES string of the molecule is CC1(C(=O)O)CCN(Cc2cc(C(F)(F)F)ccc2Br)C1. The molecule has 1 N–H and O–H groups in total. The molecule has 0 aliphatic carbocycles. The fourth-order valence-corrected chi connectivity index (χ4v) is 2.85. The van der Waals surface area contributed by atoms with Crippen molar-refractivity contribution in [1.82, 2.24) is 4.90 Å². The fourth-order valence-electron chi connectivity index (χ4n) is 2.48. The Kier molecular flexibility index (Phi) is 4.35. The molecule has 0 amide bonds. The first-order valence-electron chi connectivity index (χ1n) is 6.43. The second-order valence-electron chi connectivity index (χ2n) is 5.63. The number of rotatable bonds is 3. The van der Waals surface area contributed by atoms with Crippen molar-refractivity contribution >= 4 is 21.9 Å². The summed E-state index contributed by atoms with van der Waals surface area (Å²) in [6.07, 6.45) is -3.88. The molecule has 0 spiro atoms.